The second-order valence-electron chi connectivity index (χ2n) is 4.91. The van der Waals surface area contributed by atoms with Crippen LogP contribution < -0.4 is 0 Å². The molecule has 0 heterocycles. The van der Waals surface area contributed by atoms with Crippen LogP contribution in [-0.2, 0) is 4.79 Å². The lowest BCUT2D eigenvalue weighted by atomic mass is 9.82. The fourth-order valence-corrected chi connectivity index (χ4v) is 2.31. The number of carbonyl (C=O) groups excluding carboxylic acids is 1. The van der Waals surface area contributed by atoms with Gasteiger partial charge in [-0.15, -0.1) is 0 Å². The van der Waals surface area contributed by atoms with E-state index in [4.69, 9.17) is 0 Å². The first-order chi connectivity index (χ1) is 8.13. The Balaban J connectivity index is 2.03. The van der Waals surface area contributed by atoms with Crippen molar-refractivity contribution < 1.29 is 9.90 Å². The molecule has 2 atom stereocenters. The Hall–Kier alpha value is -1.41. The molecule has 1 saturated carbocycles. The predicted molar refractivity (Wildman–Crippen MR) is 68.4 cm³/mol. The molecule has 1 fully saturated rings. The zero-order valence-corrected chi connectivity index (χ0v) is 10.1. The van der Waals surface area contributed by atoms with Crippen molar-refractivity contribution in [1.29, 1.82) is 0 Å². The van der Waals surface area contributed by atoms with E-state index >= 15 is 0 Å². The van der Waals surface area contributed by atoms with Crippen molar-refractivity contribution in [2.75, 3.05) is 0 Å². The number of allylic oxidation sites excluding steroid dienone is 1. The quantitative estimate of drug-likeness (QED) is 0.867. The van der Waals surface area contributed by atoms with Gasteiger partial charge >= 0.3 is 0 Å². The maximum Gasteiger partial charge on any atom is 0.141 e. The zero-order valence-electron chi connectivity index (χ0n) is 10.1. The molecule has 2 nitrogen and oxygen atoms in total. The van der Waals surface area contributed by atoms with Gasteiger partial charge in [-0.1, -0.05) is 42.5 Å². The molecule has 0 aliphatic heterocycles. The molecule has 1 aliphatic rings. The SMILES string of the molecule is CC1(CC=Cc2ccccc2)C(=O)CCC1O. The summed E-state index contributed by atoms with van der Waals surface area (Å²) >= 11 is 0. The summed E-state index contributed by atoms with van der Waals surface area (Å²) in [6.07, 6.45) is 5.23. The summed E-state index contributed by atoms with van der Waals surface area (Å²) in [5.41, 5.74) is 0.543. The summed E-state index contributed by atoms with van der Waals surface area (Å²) in [5, 5.41) is 9.86. The van der Waals surface area contributed by atoms with Crippen molar-refractivity contribution >= 4 is 11.9 Å². The van der Waals surface area contributed by atoms with Gasteiger partial charge in [0, 0.05) is 6.42 Å². The van der Waals surface area contributed by atoms with Gasteiger partial charge in [0.1, 0.15) is 5.78 Å². The number of aliphatic hydroxyl groups is 1. The van der Waals surface area contributed by atoms with Crippen molar-refractivity contribution in [2.45, 2.75) is 32.3 Å². The van der Waals surface area contributed by atoms with E-state index in [-0.39, 0.29) is 5.78 Å². The Morgan fingerprint density at radius 2 is 2.12 bits per heavy atom. The Bertz CT molecular complexity index is 422. The number of aliphatic hydroxyl groups excluding tert-OH is 1. The van der Waals surface area contributed by atoms with Gasteiger partial charge in [-0.3, -0.25) is 4.79 Å². The molecule has 0 saturated heterocycles. The highest BCUT2D eigenvalue weighted by Gasteiger charge is 2.43. The van der Waals surface area contributed by atoms with Gasteiger partial charge in [-0.05, 0) is 25.3 Å². The molecular formula is C15H18O2. The van der Waals surface area contributed by atoms with E-state index in [2.05, 4.69) is 0 Å². The number of benzene rings is 1. The second kappa shape index (κ2) is 4.84. The van der Waals surface area contributed by atoms with Crippen LogP contribution in [0, 0.1) is 5.41 Å². The van der Waals surface area contributed by atoms with Crippen LogP contribution in [0.5, 0.6) is 0 Å². The zero-order chi connectivity index (χ0) is 12.3. The minimum absolute atomic E-state index is 0.183. The van der Waals surface area contributed by atoms with E-state index in [0.717, 1.165) is 5.56 Å². The summed E-state index contributed by atoms with van der Waals surface area (Å²) in [4.78, 5) is 11.8. The first kappa shape index (κ1) is 12.1. The van der Waals surface area contributed by atoms with Gasteiger partial charge < -0.3 is 5.11 Å². The normalized spacial score (nSPS) is 29.1. The monoisotopic (exact) mass is 230 g/mol. The van der Waals surface area contributed by atoms with Crippen molar-refractivity contribution in [1.82, 2.24) is 0 Å². The van der Waals surface area contributed by atoms with Crippen LogP contribution in [0.3, 0.4) is 0 Å². The van der Waals surface area contributed by atoms with Gasteiger partial charge in [0.05, 0.1) is 11.5 Å². The minimum atomic E-state index is -0.578. The summed E-state index contributed by atoms with van der Waals surface area (Å²) in [6.45, 7) is 1.86. The lowest BCUT2D eigenvalue weighted by Crippen LogP contribution is -2.32. The number of hydrogen-bond acceptors (Lipinski definition) is 2. The number of rotatable bonds is 3. The topological polar surface area (TPSA) is 37.3 Å². The molecule has 2 heteroatoms. The molecule has 1 aliphatic carbocycles. The number of hydrogen-bond donors (Lipinski definition) is 1. The Morgan fingerprint density at radius 3 is 2.71 bits per heavy atom. The summed E-state index contributed by atoms with van der Waals surface area (Å²) in [7, 11) is 0. The smallest absolute Gasteiger partial charge is 0.141 e. The number of ketones is 1. The highest BCUT2D eigenvalue weighted by Crippen LogP contribution is 2.38. The maximum absolute atomic E-state index is 11.8. The van der Waals surface area contributed by atoms with Crippen LogP contribution in [0.25, 0.3) is 6.08 Å². The fourth-order valence-electron chi connectivity index (χ4n) is 2.31. The molecule has 0 aromatic heterocycles. The van der Waals surface area contributed by atoms with Gasteiger partial charge in [-0.25, -0.2) is 0 Å². The van der Waals surface area contributed by atoms with Crippen LogP contribution >= 0.6 is 0 Å². The van der Waals surface area contributed by atoms with Gasteiger partial charge in [0.2, 0.25) is 0 Å². The molecule has 0 amide bonds. The number of carbonyl (C=O) groups is 1. The highest BCUT2D eigenvalue weighted by molar-refractivity contribution is 5.87. The first-order valence-electron chi connectivity index (χ1n) is 6.06. The van der Waals surface area contributed by atoms with Crippen molar-refractivity contribution in [2.24, 2.45) is 5.41 Å². The third-order valence-electron chi connectivity index (χ3n) is 3.67. The third kappa shape index (κ3) is 2.47. The van der Waals surface area contributed by atoms with Crippen LogP contribution in [0.2, 0.25) is 0 Å². The average Bonchev–Trinajstić information content (AvgIpc) is 2.59. The molecule has 0 bridgehead atoms. The fraction of sp³-hybridized carbons (Fsp3) is 0.400. The summed E-state index contributed by atoms with van der Waals surface area (Å²) < 4.78 is 0. The van der Waals surface area contributed by atoms with E-state index in [1.807, 2.05) is 49.4 Å². The minimum Gasteiger partial charge on any atom is -0.392 e. The Kier molecular flexibility index (Phi) is 3.43. The molecule has 90 valence electrons. The molecular weight excluding hydrogens is 212 g/mol. The number of Topliss-reactive ketones (excluding diaryl/α,β-unsaturated/α-hetero) is 1. The Labute approximate surface area is 102 Å². The standard InChI is InChI=1S/C15H18O2/c1-15(13(16)9-10-14(15)17)11-5-8-12-6-3-2-4-7-12/h2-8,13,16H,9-11H2,1H3. The molecule has 2 unspecified atom stereocenters. The van der Waals surface area contributed by atoms with E-state index in [1.54, 1.807) is 0 Å². The molecule has 17 heavy (non-hydrogen) atoms. The highest BCUT2D eigenvalue weighted by atomic mass is 16.3. The molecule has 2 rings (SSSR count). The van der Waals surface area contributed by atoms with E-state index in [1.165, 1.54) is 0 Å². The second-order valence-corrected chi connectivity index (χ2v) is 4.91. The van der Waals surface area contributed by atoms with Crippen LogP contribution in [0.1, 0.15) is 31.7 Å². The lowest BCUT2D eigenvalue weighted by Gasteiger charge is -2.24. The molecule has 1 aromatic carbocycles. The molecule has 1 aromatic rings. The third-order valence-corrected chi connectivity index (χ3v) is 3.67. The summed E-state index contributed by atoms with van der Waals surface area (Å²) in [6, 6.07) is 9.98. The molecule has 0 spiro atoms. The van der Waals surface area contributed by atoms with Crippen LogP contribution in [0.4, 0.5) is 0 Å². The summed E-state index contributed by atoms with van der Waals surface area (Å²) in [5.74, 6) is 0.183. The predicted octanol–water partition coefficient (Wildman–Crippen LogP) is 2.82. The van der Waals surface area contributed by atoms with Gasteiger partial charge in [0.25, 0.3) is 0 Å². The van der Waals surface area contributed by atoms with Crippen molar-refractivity contribution in [3.63, 3.8) is 0 Å². The van der Waals surface area contributed by atoms with Crippen molar-refractivity contribution in [3.8, 4) is 0 Å². The lowest BCUT2D eigenvalue weighted by molar-refractivity contribution is -0.127. The first-order valence-corrected chi connectivity index (χ1v) is 6.06. The van der Waals surface area contributed by atoms with Crippen molar-refractivity contribution in [3.05, 3.63) is 42.0 Å². The molecule has 0 radical (unpaired) electrons. The Morgan fingerprint density at radius 1 is 1.41 bits per heavy atom. The van der Waals surface area contributed by atoms with Gasteiger partial charge in [0.15, 0.2) is 0 Å². The van der Waals surface area contributed by atoms with Gasteiger partial charge in [-0.2, -0.15) is 0 Å². The van der Waals surface area contributed by atoms with E-state index in [0.29, 0.717) is 19.3 Å². The average molecular weight is 230 g/mol. The van der Waals surface area contributed by atoms with E-state index < -0.39 is 11.5 Å². The van der Waals surface area contributed by atoms with E-state index in [9.17, 15) is 9.90 Å². The van der Waals surface area contributed by atoms with Crippen LogP contribution in [0.15, 0.2) is 36.4 Å². The largest absolute Gasteiger partial charge is 0.392 e. The van der Waals surface area contributed by atoms with Crippen LogP contribution in [-0.4, -0.2) is 17.0 Å². The molecule has 1 N–H and O–H groups in total. The maximum atomic E-state index is 11.8.